The molecular weight excluding hydrogens is 168 g/mol. The van der Waals surface area contributed by atoms with Gasteiger partial charge in [0.25, 0.3) is 0 Å². The normalized spacial score (nSPS) is 9.54. The molecule has 0 spiro atoms. The first-order valence-corrected chi connectivity index (χ1v) is 3.53. The van der Waals surface area contributed by atoms with E-state index in [-0.39, 0.29) is 17.4 Å². The van der Waals surface area contributed by atoms with Gasteiger partial charge in [0.2, 0.25) is 0 Å². The number of benzene rings is 1. The highest BCUT2D eigenvalue weighted by atomic mass is 16.3. The first kappa shape index (κ1) is 9.05. The van der Waals surface area contributed by atoms with Gasteiger partial charge in [-0.15, -0.1) is 0 Å². The molecule has 5 nitrogen and oxygen atoms in total. The number of nitrogens with two attached hydrogens (primary N) is 2. The van der Waals surface area contributed by atoms with Gasteiger partial charge in [0.15, 0.2) is 0 Å². The number of hydrogen-bond donors (Lipinski definition) is 5. The van der Waals surface area contributed by atoms with E-state index < -0.39 is 0 Å². The topological polar surface area (TPSA) is 120 Å². The highest BCUT2D eigenvalue weighted by Gasteiger charge is 2.03. The fourth-order valence-electron chi connectivity index (χ4n) is 0.922. The van der Waals surface area contributed by atoms with Gasteiger partial charge in [0, 0.05) is 11.1 Å². The lowest BCUT2D eigenvalue weighted by atomic mass is 10.1. The number of phenolic OH excluding ortho intramolecular Hbond substituents is 1. The number of nitrogen functional groups attached to an aromatic ring is 2. The Bertz CT molecular complexity index is 340. The maximum atomic E-state index is 9.19. The lowest BCUT2D eigenvalue weighted by Crippen LogP contribution is -2.15. The van der Waals surface area contributed by atoms with Crippen molar-refractivity contribution in [2.24, 2.45) is 11.5 Å². The Hall–Kier alpha value is -2.04. The molecule has 7 N–H and O–H groups in total. The molecule has 0 unspecified atom stereocenters. The summed E-state index contributed by atoms with van der Waals surface area (Å²) in [6.07, 6.45) is 0. The lowest BCUT2D eigenvalue weighted by molar-refractivity contribution is 0.475. The van der Waals surface area contributed by atoms with Gasteiger partial charge in [-0.2, -0.15) is 0 Å². The minimum absolute atomic E-state index is 0.0575. The molecule has 0 aliphatic carbocycles. The first-order valence-electron chi connectivity index (χ1n) is 3.53. The zero-order valence-corrected chi connectivity index (χ0v) is 6.83. The summed E-state index contributed by atoms with van der Waals surface area (Å²) in [5.74, 6) is -0.394. The maximum absolute atomic E-state index is 9.19. The predicted octanol–water partition coefficient (Wildman–Crippen LogP) is -0.0397. The van der Waals surface area contributed by atoms with Gasteiger partial charge in [-0.05, 0) is 18.2 Å². The van der Waals surface area contributed by atoms with Crippen molar-refractivity contribution in [3.63, 3.8) is 0 Å². The van der Waals surface area contributed by atoms with Crippen molar-refractivity contribution in [1.82, 2.24) is 0 Å². The molecule has 0 radical (unpaired) electrons. The van der Waals surface area contributed by atoms with Crippen LogP contribution in [-0.2, 0) is 0 Å². The minimum atomic E-state index is -0.168. The number of phenols is 1. The number of nitrogens with one attached hydrogen (secondary N) is 2. The summed E-state index contributed by atoms with van der Waals surface area (Å²) in [5, 5.41) is 23.4. The molecule has 0 bridgehead atoms. The summed E-state index contributed by atoms with van der Waals surface area (Å²) < 4.78 is 0. The molecule has 0 saturated carbocycles. The van der Waals surface area contributed by atoms with Crippen LogP contribution in [-0.4, -0.2) is 16.8 Å². The van der Waals surface area contributed by atoms with E-state index in [0.717, 1.165) is 0 Å². The monoisotopic (exact) mass is 178 g/mol. The average molecular weight is 178 g/mol. The van der Waals surface area contributed by atoms with Crippen LogP contribution in [0.25, 0.3) is 0 Å². The molecule has 0 saturated heterocycles. The quantitative estimate of drug-likeness (QED) is 0.323. The van der Waals surface area contributed by atoms with Crippen LogP contribution in [0.4, 0.5) is 0 Å². The molecule has 1 aromatic rings. The van der Waals surface area contributed by atoms with Gasteiger partial charge < -0.3 is 16.6 Å². The molecule has 0 fully saturated rings. The lowest BCUT2D eigenvalue weighted by Gasteiger charge is -2.03. The standard InChI is InChI=1S/C8H10N4O/c9-7(10)4-1-5(8(11)12)3-6(13)2-4/h1-3,13H,(H3,9,10)(H3,11,12). The van der Waals surface area contributed by atoms with E-state index in [1.54, 1.807) is 0 Å². The second-order valence-electron chi connectivity index (χ2n) is 2.60. The Morgan fingerprint density at radius 1 is 1.00 bits per heavy atom. The molecule has 0 aliphatic rings. The third kappa shape index (κ3) is 1.96. The van der Waals surface area contributed by atoms with Crippen LogP contribution in [0.1, 0.15) is 11.1 Å². The highest BCUT2D eigenvalue weighted by molar-refractivity contribution is 6.00. The van der Waals surface area contributed by atoms with E-state index in [1.807, 2.05) is 0 Å². The summed E-state index contributed by atoms with van der Waals surface area (Å²) in [6, 6.07) is 4.16. The van der Waals surface area contributed by atoms with Crippen molar-refractivity contribution < 1.29 is 5.11 Å². The van der Waals surface area contributed by atoms with Crippen LogP contribution in [0.5, 0.6) is 5.75 Å². The molecule has 1 rings (SSSR count). The van der Waals surface area contributed by atoms with E-state index >= 15 is 0 Å². The van der Waals surface area contributed by atoms with E-state index in [1.165, 1.54) is 18.2 Å². The van der Waals surface area contributed by atoms with Crippen molar-refractivity contribution in [3.05, 3.63) is 29.3 Å². The van der Waals surface area contributed by atoms with Crippen molar-refractivity contribution in [3.8, 4) is 5.75 Å². The summed E-state index contributed by atoms with van der Waals surface area (Å²) in [4.78, 5) is 0. The first-order chi connectivity index (χ1) is 6.00. The van der Waals surface area contributed by atoms with Crippen molar-refractivity contribution in [1.29, 1.82) is 10.8 Å². The Kier molecular flexibility index (Phi) is 2.19. The molecule has 0 heterocycles. The fraction of sp³-hybridized carbons (Fsp3) is 0. The second-order valence-corrected chi connectivity index (χ2v) is 2.60. The average Bonchev–Trinajstić information content (AvgIpc) is 2.03. The van der Waals surface area contributed by atoms with Gasteiger partial charge in [-0.1, -0.05) is 0 Å². The number of aromatic hydroxyl groups is 1. The molecule has 0 atom stereocenters. The van der Waals surface area contributed by atoms with Gasteiger partial charge >= 0.3 is 0 Å². The Balaban J connectivity index is 3.26. The minimum Gasteiger partial charge on any atom is -0.508 e. The summed E-state index contributed by atoms with van der Waals surface area (Å²) in [7, 11) is 0. The third-order valence-electron chi connectivity index (χ3n) is 1.54. The van der Waals surface area contributed by atoms with Gasteiger partial charge in [0.05, 0.1) is 0 Å². The predicted molar refractivity (Wildman–Crippen MR) is 50.1 cm³/mol. The summed E-state index contributed by atoms with van der Waals surface area (Å²) >= 11 is 0. The Labute approximate surface area is 75.0 Å². The van der Waals surface area contributed by atoms with Crippen LogP contribution in [0.15, 0.2) is 18.2 Å². The fourth-order valence-corrected chi connectivity index (χ4v) is 0.922. The zero-order chi connectivity index (χ0) is 10.0. The molecular formula is C8H10N4O. The van der Waals surface area contributed by atoms with Gasteiger partial charge in [-0.25, -0.2) is 0 Å². The SMILES string of the molecule is N=C(N)c1cc(O)cc(C(=N)N)c1. The van der Waals surface area contributed by atoms with Crippen LogP contribution in [0.3, 0.4) is 0 Å². The molecule has 0 amide bonds. The van der Waals surface area contributed by atoms with Gasteiger partial charge in [-0.3, -0.25) is 10.8 Å². The number of rotatable bonds is 2. The Morgan fingerprint density at radius 3 is 1.69 bits per heavy atom. The smallest absolute Gasteiger partial charge is 0.122 e. The zero-order valence-electron chi connectivity index (χ0n) is 6.83. The molecule has 13 heavy (non-hydrogen) atoms. The second kappa shape index (κ2) is 3.14. The van der Waals surface area contributed by atoms with Crippen molar-refractivity contribution in [2.75, 3.05) is 0 Å². The molecule has 5 heteroatoms. The van der Waals surface area contributed by atoms with E-state index in [0.29, 0.717) is 11.1 Å². The van der Waals surface area contributed by atoms with Crippen molar-refractivity contribution in [2.45, 2.75) is 0 Å². The largest absolute Gasteiger partial charge is 0.508 e. The van der Waals surface area contributed by atoms with Crippen LogP contribution < -0.4 is 11.5 Å². The van der Waals surface area contributed by atoms with Crippen LogP contribution in [0, 0.1) is 10.8 Å². The van der Waals surface area contributed by atoms with Gasteiger partial charge in [0.1, 0.15) is 17.4 Å². The van der Waals surface area contributed by atoms with E-state index in [9.17, 15) is 5.11 Å². The third-order valence-corrected chi connectivity index (χ3v) is 1.54. The van der Waals surface area contributed by atoms with Crippen LogP contribution >= 0.6 is 0 Å². The Morgan fingerprint density at radius 2 is 1.38 bits per heavy atom. The van der Waals surface area contributed by atoms with E-state index in [4.69, 9.17) is 22.3 Å². The highest BCUT2D eigenvalue weighted by Crippen LogP contribution is 2.14. The number of hydrogen-bond acceptors (Lipinski definition) is 3. The molecule has 68 valence electrons. The number of amidine groups is 2. The van der Waals surface area contributed by atoms with Crippen LogP contribution in [0.2, 0.25) is 0 Å². The van der Waals surface area contributed by atoms with E-state index in [2.05, 4.69) is 0 Å². The molecule has 0 aliphatic heterocycles. The molecule has 1 aromatic carbocycles. The van der Waals surface area contributed by atoms with Crippen molar-refractivity contribution >= 4 is 11.7 Å². The maximum Gasteiger partial charge on any atom is 0.122 e. The molecule has 0 aromatic heterocycles. The summed E-state index contributed by atoms with van der Waals surface area (Å²) in [6.45, 7) is 0. The summed E-state index contributed by atoms with van der Waals surface area (Å²) in [5.41, 5.74) is 11.1.